The number of halogens is 1. The molecular weight excluding hydrogens is 286 g/mol. The molecule has 0 amide bonds. The average Bonchev–Trinajstić information content (AvgIpc) is 2.49. The molecule has 0 saturated carbocycles. The Labute approximate surface area is 87.2 Å². The summed E-state index contributed by atoms with van der Waals surface area (Å²) in [6.07, 6.45) is 3.15. The minimum Gasteiger partial charge on any atom is -0.298 e. The van der Waals surface area contributed by atoms with Gasteiger partial charge in [0.15, 0.2) is 6.29 Å². The van der Waals surface area contributed by atoms with E-state index in [9.17, 15) is 4.79 Å². The van der Waals surface area contributed by atoms with Crippen molar-refractivity contribution in [3.05, 3.63) is 17.5 Å². The van der Waals surface area contributed by atoms with Crippen LogP contribution in [0.4, 0.5) is 0 Å². The van der Waals surface area contributed by atoms with Gasteiger partial charge in [-0.15, -0.1) is 0 Å². The first-order valence-corrected chi connectivity index (χ1v) is 7.72. The van der Waals surface area contributed by atoms with Crippen molar-refractivity contribution >= 4 is 34.7 Å². The van der Waals surface area contributed by atoms with Gasteiger partial charge in [-0.1, -0.05) is 13.8 Å². The third-order valence-electron chi connectivity index (χ3n) is 1.15. The molecule has 0 fully saturated rings. The van der Waals surface area contributed by atoms with E-state index >= 15 is 0 Å². The molecule has 5 heteroatoms. The molecule has 1 aromatic rings. The maximum atomic E-state index is 10.3. The molecule has 0 radical (unpaired) electrons. The van der Waals surface area contributed by atoms with Gasteiger partial charge >= 0.3 is 0 Å². The van der Waals surface area contributed by atoms with Crippen LogP contribution in [0, 0.1) is 6.92 Å². The first-order valence-electron chi connectivity index (χ1n) is 3.66. The highest BCUT2D eigenvalue weighted by atomic mass is 127. The SMILES string of the molecule is CC.Cc1nn(PI)cc1C=O. The van der Waals surface area contributed by atoms with Crippen LogP contribution in [0.15, 0.2) is 6.20 Å². The topological polar surface area (TPSA) is 34.9 Å². The van der Waals surface area contributed by atoms with Crippen LogP contribution in [0.5, 0.6) is 0 Å². The molecule has 0 aliphatic rings. The first-order chi connectivity index (χ1) is 5.77. The summed E-state index contributed by atoms with van der Waals surface area (Å²) in [6, 6.07) is 0. The van der Waals surface area contributed by atoms with E-state index in [1.807, 2.05) is 20.8 Å². The van der Waals surface area contributed by atoms with E-state index in [2.05, 4.69) is 27.1 Å². The van der Waals surface area contributed by atoms with Crippen molar-refractivity contribution in [3.63, 3.8) is 0 Å². The van der Waals surface area contributed by atoms with E-state index in [0.717, 1.165) is 12.0 Å². The van der Waals surface area contributed by atoms with Crippen molar-refractivity contribution < 1.29 is 4.79 Å². The molecule has 0 aliphatic heterocycles. The van der Waals surface area contributed by atoms with E-state index in [4.69, 9.17) is 0 Å². The zero-order valence-corrected chi connectivity index (χ0v) is 10.5. The van der Waals surface area contributed by atoms with Gasteiger partial charge < -0.3 is 0 Å². The quantitative estimate of drug-likeness (QED) is 0.478. The normalized spacial score (nSPS) is 9.67. The number of hydrogen-bond acceptors (Lipinski definition) is 2. The summed E-state index contributed by atoms with van der Waals surface area (Å²) >= 11 is 2.21. The zero-order valence-electron chi connectivity index (χ0n) is 7.34. The van der Waals surface area contributed by atoms with Crippen molar-refractivity contribution in [1.82, 2.24) is 9.55 Å². The molecule has 1 rings (SSSR count). The number of nitrogens with zero attached hydrogens (tertiary/aromatic N) is 2. The molecule has 1 unspecified atom stereocenters. The predicted octanol–water partition coefficient (Wildman–Crippen LogP) is 2.82. The van der Waals surface area contributed by atoms with Crippen LogP contribution in [-0.4, -0.2) is 15.8 Å². The van der Waals surface area contributed by atoms with Gasteiger partial charge in [-0.2, -0.15) is 5.10 Å². The van der Waals surface area contributed by atoms with Gasteiger partial charge in [-0.25, -0.2) is 4.45 Å². The van der Waals surface area contributed by atoms with E-state index in [1.165, 1.54) is 0 Å². The van der Waals surface area contributed by atoms with Crippen molar-refractivity contribution in [1.29, 1.82) is 0 Å². The Balaban J connectivity index is 0.000000561. The van der Waals surface area contributed by atoms with Crippen molar-refractivity contribution in [3.8, 4) is 0 Å². The van der Waals surface area contributed by atoms with Gasteiger partial charge in [0, 0.05) is 6.20 Å². The van der Waals surface area contributed by atoms with Gasteiger partial charge in [-0.05, 0) is 29.0 Å². The summed E-state index contributed by atoms with van der Waals surface area (Å²) in [5, 5.41) is 4.09. The molecule has 0 aliphatic carbocycles. The number of rotatable bonds is 2. The van der Waals surface area contributed by atoms with Crippen molar-refractivity contribution in [2.75, 3.05) is 0 Å². The van der Waals surface area contributed by atoms with E-state index in [0.29, 0.717) is 11.9 Å². The Morgan fingerprint density at radius 2 is 2.25 bits per heavy atom. The molecule has 1 atom stereocenters. The standard InChI is InChI=1S/C5H6IN2OP.C2H6/c1-4-5(3-9)2-8(7-4)10-6;1-2/h2-3,10H,1H3;1-2H3. The Bertz CT molecular complexity index is 250. The van der Waals surface area contributed by atoms with Crippen LogP contribution in [0.3, 0.4) is 0 Å². The number of aldehydes is 1. The van der Waals surface area contributed by atoms with E-state index < -0.39 is 0 Å². The Hall–Kier alpha value is 0.0400. The second kappa shape index (κ2) is 6.54. The smallest absolute Gasteiger partial charge is 0.153 e. The monoisotopic (exact) mass is 298 g/mol. The maximum Gasteiger partial charge on any atom is 0.153 e. The Kier molecular flexibility index (Phi) is 6.57. The second-order valence-electron chi connectivity index (χ2n) is 1.82. The van der Waals surface area contributed by atoms with Crippen LogP contribution in [-0.2, 0) is 0 Å². The third-order valence-corrected chi connectivity index (χ3v) is 3.04. The molecular formula is C7H12IN2OP. The lowest BCUT2D eigenvalue weighted by molar-refractivity contribution is 0.112. The molecule has 0 spiro atoms. The van der Waals surface area contributed by atoms with E-state index in [1.54, 1.807) is 10.6 Å². The summed E-state index contributed by atoms with van der Waals surface area (Å²) in [5.41, 5.74) is 1.49. The van der Waals surface area contributed by atoms with Gasteiger partial charge in [0.1, 0.15) is 0 Å². The molecule has 12 heavy (non-hydrogen) atoms. The van der Waals surface area contributed by atoms with Gasteiger partial charge in [-0.3, -0.25) is 4.79 Å². The Morgan fingerprint density at radius 1 is 1.67 bits per heavy atom. The lowest BCUT2D eigenvalue weighted by Crippen LogP contribution is -1.80. The number of carbonyl (C=O) groups excluding carboxylic acids is 1. The minimum atomic E-state index is 0.567. The van der Waals surface area contributed by atoms with Crippen LogP contribution < -0.4 is 0 Å². The molecule has 3 nitrogen and oxygen atoms in total. The van der Waals surface area contributed by atoms with Gasteiger partial charge in [0.05, 0.1) is 17.6 Å². The predicted molar refractivity (Wildman–Crippen MR) is 61.4 cm³/mol. The fourth-order valence-electron chi connectivity index (χ4n) is 0.632. The average molecular weight is 298 g/mol. The lowest BCUT2D eigenvalue weighted by atomic mass is 10.3. The lowest BCUT2D eigenvalue weighted by Gasteiger charge is -1.86. The van der Waals surface area contributed by atoms with Crippen molar-refractivity contribution in [2.24, 2.45) is 0 Å². The van der Waals surface area contributed by atoms with Crippen LogP contribution in [0.1, 0.15) is 29.9 Å². The van der Waals surface area contributed by atoms with Crippen LogP contribution >= 0.6 is 28.4 Å². The first kappa shape index (κ1) is 12.0. The van der Waals surface area contributed by atoms with Gasteiger partial charge in [0.25, 0.3) is 0 Å². The molecule has 1 heterocycles. The molecule has 0 N–H and O–H groups in total. The van der Waals surface area contributed by atoms with Gasteiger partial charge in [0.2, 0.25) is 0 Å². The van der Waals surface area contributed by atoms with E-state index in [-0.39, 0.29) is 0 Å². The molecule has 68 valence electrons. The number of aryl methyl sites for hydroxylation is 1. The number of aromatic nitrogens is 2. The third kappa shape index (κ3) is 3.19. The fourth-order valence-corrected chi connectivity index (χ4v) is 1.75. The summed E-state index contributed by atoms with van der Waals surface area (Å²) in [5.74, 6) is 0. The van der Waals surface area contributed by atoms with Crippen LogP contribution in [0.25, 0.3) is 0 Å². The largest absolute Gasteiger partial charge is 0.298 e. The second-order valence-corrected chi connectivity index (χ2v) is 3.89. The summed E-state index contributed by atoms with van der Waals surface area (Å²) in [6.45, 7) is 5.83. The van der Waals surface area contributed by atoms with Crippen LogP contribution in [0.2, 0.25) is 0 Å². The summed E-state index contributed by atoms with van der Waals surface area (Å²) in [4.78, 5) is 10.3. The summed E-state index contributed by atoms with van der Waals surface area (Å²) < 4.78 is 1.76. The fraction of sp³-hybridized carbons (Fsp3) is 0.429. The highest BCUT2D eigenvalue weighted by Gasteiger charge is 2.00. The highest BCUT2D eigenvalue weighted by Crippen LogP contribution is 2.23. The molecule has 0 saturated heterocycles. The molecule has 0 bridgehead atoms. The molecule has 1 aromatic heterocycles. The number of hydrogen-bond donors (Lipinski definition) is 0. The van der Waals surface area contributed by atoms with Crippen molar-refractivity contribution in [2.45, 2.75) is 20.8 Å². The maximum absolute atomic E-state index is 10.3. The minimum absolute atomic E-state index is 0.567. The Morgan fingerprint density at radius 3 is 2.50 bits per heavy atom. The molecule has 0 aromatic carbocycles. The zero-order chi connectivity index (χ0) is 9.56. The summed E-state index contributed by atoms with van der Waals surface area (Å²) in [7, 11) is 0. The number of carbonyl (C=O) groups is 1. The highest BCUT2D eigenvalue weighted by molar-refractivity contribution is 14.2.